The second-order valence-electron chi connectivity index (χ2n) is 6.80. The Morgan fingerprint density at radius 2 is 1.63 bits per heavy atom. The zero-order valence-corrected chi connectivity index (χ0v) is 13.8. The molecule has 0 rings (SSSR count). The van der Waals surface area contributed by atoms with E-state index >= 15 is 0 Å². The Kier molecular flexibility index (Phi) is 6.07. The maximum absolute atomic E-state index is 13.6. The average Bonchev–Trinajstić information content (AvgIpc) is 2.13. The van der Waals surface area contributed by atoms with E-state index in [1.54, 1.807) is 11.4 Å². The lowest BCUT2D eigenvalue weighted by atomic mass is 9.67. The molecular weight excluding hydrogens is 262 g/mol. The molecule has 110 valence electrons. The molecule has 3 heteroatoms. The first-order chi connectivity index (χ1) is 8.37. The monoisotopic (exact) mass is 288 g/mol. The van der Waals surface area contributed by atoms with Crippen molar-refractivity contribution in [3.8, 4) is 0 Å². The number of alkyl halides is 2. The molecule has 0 fully saturated rings. The van der Waals surface area contributed by atoms with E-state index in [1.807, 2.05) is 6.92 Å². The second-order valence-corrected chi connectivity index (χ2v) is 7.13. The zero-order valence-electron chi connectivity index (χ0n) is 12.9. The predicted octanol–water partition coefficient (Wildman–Crippen LogP) is 5.98. The molecule has 0 spiro atoms. The highest BCUT2D eigenvalue weighted by Gasteiger charge is 2.36. The van der Waals surface area contributed by atoms with Gasteiger partial charge in [-0.25, -0.2) is 8.78 Å². The third-order valence-corrected chi connectivity index (χ3v) is 3.54. The first-order valence-electron chi connectivity index (χ1n) is 6.53. The third kappa shape index (κ3) is 5.52. The molecule has 19 heavy (non-hydrogen) atoms. The van der Waals surface area contributed by atoms with Crippen molar-refractivity contribution in [3.05, 3.63) is 23.8 Å². The molecule has 0 aromatic heterocycles. The van der Waals surface area contributed by atoms with Crippen LogP contribution < -0.4 is 0 Å². The SMILES string of the molecule is C=C/C(=C(\C)C(C)(F)F)C(C)(CC=S)CC(C)(C)C. The minimum Gasteiger partial charge on any atom is -0.202 e. The van der Waals surface area contributed by atoms with Gasteiger partial charge < -0.3 is 0 Å². The van der Waals surface area contributed by atoms with Crippen LogP contribution in [-0.2, 0) is 0 Å². The van der Waals surface area contributed by atoms with Gasteiger partial charge in [0, 0.05) is 6.92 Å². The van der Waals surface area contributed by atoms with Crippen molar-refractivity contribution < 1.29 is 8.78 Å². The van der Waals surface area contributed by atoms with E-state index in [4.69, 9.17) is 12.2 Å². The molecule has 0 aromatic carbocycles. The first kappa shape index (κ1) is 18.4. The van der Waals surface area contributed by atoms with Crippen LogP contribution in [0.15, 0.2) is 23.8 Å². The third-order valence-electron chi connectivity index (χ3n) is 3.37. The Labute approximate surface area is 122 Å². The number of hydrogen-bond acceptors (Lipinski definition) is 1. The summed E-state index contributed by atoms with van der Waals surface area (Å²) in [5, 5.41) is 1.64. The maximum atomic E-state index is 13.6. The lowest BCUT2D eigenvalue weighted by Gasteiger charge is -2.38. The van der Waals surface area contributed by atoms with Crippen LogP contribution in [0, 0.1) is 10.8 Å². The summed E-state index contributed by atoms with van der Waals surface area (Å²) in [6.07, 6.45) is 2.94. The molecular formula is C16H26F2S. The highest BCUT2D eigenvalue weighted by molar-refractivity contribution is 7.78. The van der Waals surface area contributed by atoms with Gasteiger partial charge in [0.1, 0.15) is 0 Å². The van der Waals surface area contributed by atoms with Gasteiger partial charge in [0.25, 0.3) is 5.92 Å². The van der Waals surface area contributed by atoms with Gasteiger partial charge in [0.15, 0.2) is 0 Å². The van der Waals surface area contributed by atoms with Crippen LogP contribution in [0.3, 0.4) is 0 Å². The molecule has 0 aliphatic carbocycles. The molecule has 1 atom stereocenters. The topological polar surface area (TPSA) is 0 Å². The van der Waals surface area contributed by atoms with E-state index in [2.05, 4.69) is 27.4 Å². The van der Waals surface area contributed by atoms with Crippen LogP contribution in [0.2, 0.25) is 0 Å². The Morgan fingerprint density at radius 3 is 1.89 bits per heavy atom. The normalized spacial score (nSPS) is 17.5. The average molecular weight is 288 g/mol. The number of thiocarbonyl (C=S) groups is 1. The molecule has 0 aromatic rings. The van der Waals surface area contributed by atoms with E-state index in [0.29, 0.717) is 12.0 Å². The molecule has 0 bridgehead atoms. The van der Waals surface area contributed by atoms with E-state index in [0.717, 1.165) is 13.3 Å². The standard InChI is InChI=1S/C16H26F2S/c1-8-13(12(2)16(7,17)18)15(6,9-10-19)11-14(3,4)5/h8,10H,1,9,11H2,2-7H3/b13-12-. The molecule has 0 nitrogen and oxygen atoms in total. The Bertz CT molecular complexity index is 369. The van der Waals surface area contributed by atoms with Gasteiger partial charge in [-0.2, -0.15) is 0 Å². The molecule has 0 saturated heterocycles. The van der Waals surface area contributed by atoms with Crippen molar-refractivity contribution in [2.45, 2.75) is 60.3 Å². The van der Waals surface area contributed by atoms with Gasteiger partial charge in [-0.3, -0.25) is 0 Å². The van der Waals surface area contributed by atoms with E-state index in [-0.39, 0.29) is 11.0 Å². The second kappa shape index (κ2) is 6.25. The van der Waals surface area contributed by atoms with Crippen LogP contribution in [0.1, 0.15) is 54.4 Å². The van der Waals surface area contributed by atoms with Gasteiger partial charge in [0.05, 0.1) is 0 Å². The van der Waals surface area contributed by atoms with Crippen molar-refractivity contribution in [2.24, 2.45) is 10.8 Å². The fraction of sp³-hybridized carbons (Fsp3) is 0.688. The van der Waals surface area contributed by atoms with E-state index < -0.39 is 11.3 Å². The summed E-state index contributed by atoms with van der Waals surface area (Å²) in [6, 6.07) is 0. The number of rotatable bonds is 6. The van der Waals surface area contributed by atoms with Crippen LogP contribution in [0.25, 0.3) is 0 Å². The minimum atomic E-state index is -2.83. The van der Waals surface area contributed by atoms with Crippen molar-refractivity contribution >= 4 is 17.6 Å². The summed E-state index contributed by atoms with van der Waals surface area (Å²) in [5.74, 6) is -2.83. The quantitative estimate of drug-likeness (QED) is 0.428. The molecule has 0 saturated carbocycles. The smallest absolute Gasteiger partial charge is 0.202 e. The summed E-state index contributed by atoms with van der Waals surface area (Å²) < 4.78 is 27.2. The highest BCUT2D eigenvalue weighted by Crippen LogP contribution is 2.45. The van der Waals surface area contributed by atoms with Gasteiger partial charge in [-0.1, -0.05) is 52.6 Å². The lowest BCUT2D eigenvalue weighted by Crippen LogP contribution is -2.29. The van der Waals surface area contributed by atoms with Crippen molar-refractivity contribution in [1.29, 1.82) is 0 Å². The summed E-state index contributed by atoms with van der Waals surface area (Å²) in [6.45, 7) is 14.5. The van der Waals surface area contributed by atoms with Crippen LogP contribution in [0.5, 0.6) is 0 Å². The summed E-state index contributed by atoms with van der Waals surface area (Å²) in [4.78, 5) is 0. The number of hydrogen-bond donors (Lipinski definition) is 0. The predicted molar refractivity (Wildman–Crippen MR) is 84.0 cm³/mol. The zero-order chi connectivity index (χ0) is 15.5. The van der Waals surface area contributed by atoms with Crippen molar-refractivity contribution in [1.82, 2.24) is 0 Å². The Balaban J connectivity index is 5.84. The van der Waals surface area contributed by atoms with Crippen LogP contribution >= 0.6 is 12.2 Å². The fourth-order valence-electron chi connectivity index (χ4n) is 2.72. The molecule has 0 aliphatic rings. The lowest BCUT2D eigenvalue weighted by molar-refractivity contribution is 0.0600. The summed E-state index contributed by atoms with van der Waals surface area (Å²) in [5.41, 5.74) is 0.345. The summed E-state index contributed by atoms with van der Waals surface area (Å²) >= 11 is 4.97. The molecule has 0 aliphatic heterocycles. The summed E-state index contributed by atoms with van der Waals surface area (Å²) in [7, 11) is 0. The van der Waals surface area contributed by atoms with Gasteiger partial charge in [0.2, 0.25) is 0 Å². The van der Waals surface area contributed by atoms with Gasteiger partial charge in [-0.05, 0) is 47.1 Å². The highest BCUT2D eigenvalue weighted by atomic mass is 32.1. The molecule has 0 amide bonds. The molecule has 0 radical (unpaired) electrons. The minimum absolute atomic E-state index is 0.0324. The molecule has 0 heterocycles. The van der Waals surface area contributed by atoms with Gasteiger partial charge in [-0.15, -0.1) is 0 Å². The van der Waals surface area contributed by atoms with E-state index in [9.17, 15) is 8.78 Å². The first-order valence-corrected chi connectivity index (χ1v) is 7.00. The van der Waals surface area contributed by atoms with Crippen LogP contribution in [-0.4, -0.2) is 11.3 Å². The van der Waals surface area contributed by atoms with Crippen LogP contribution in [0.4, 0.5) is 8.78 Å². The fourth-order valence-corrected chi connectivity index (χ4v) is 3.09. The largest absolute Gasteiger partial charge is 0.266 e. The Morgan fingerprint density at radius 1 is 1.16 bits per heavy atom. The van der Waals surface area contributed by atoms with Crippen molar-refractivity contribution in [2.75, 3.05) is 0 Å². The number of allylic oxidation sites excluding steroid dienone is 3. The number of halogens is 2. The van der Waals surface area contributed by atoms with Gasteiger partial charge >= 0.3 is 0 Å². The maximum Gasteiger partial charge on any atom is 0.266 e. The van der Waals surface area contributed by atoms with E-state index in [1.165, 1.54) is 6.92 Å². The Hall–Kier alpha value is -0.570. The van der Waals surface area contributed by atoms with Crippen molar-refractivity contribution in [3.63, 3.8) is 0 Å². The molecule has 1 unspecified atom stereocenters. The molecule has 0 N–H and O–H groups in total.